The average molecular weight is 376 g/mol. The largest absolute Gasteiger partial charge is 0.240 e. The molecular weight excluding hydrogens is 328 g/mol. The van der Waals surface area contributed by atoms with Crippen LogP contribution in [-0.4, -0.2) is 12.4 Å². The van der Waals surface area contributed by atoms with Gasteiger partial charge in [0.05, 0.1) is 6.42 Å². The molecule has 156 valence electrons. The molecule has 0 aromatic carbocycles. The molecule has 1 unspecified atom stereocenters. The summed E-state index contributed by atoms with van der Waals surface area (Å²) in [7, 11) is 0. The maximum absolute atomic E-state index is 4.24. The van der Waals surface area contributed by atoms with Crippen molar-refractivity contribution in [3.8, 4) is 0 Å². The normalized spacial score (nSPS) is 14.4. The molecule has 0 N–H and O–H groups in total. The lowest BCUT2D eigenvalue weighted by Crippen LogP contribution is -1.96. The second-order valence-electron chi connectivity index (χ2n) is 8.71. The Morgan fingerprint density at radius 3 is 1.48 bits per heavy atom. The maximum atomic E-state index is 4.24. The van der Waals surface area contributed by atoms with Crippen molar-refractivity contribution < 1.29 is 0 Å². The lowest BCUT2D eigenvalue weighted by Gasteiger charge is -2.10. The number of unbranched alkanes of at least 4 members (excludes halogenated alkanes) is 14. The summed E-state index contributed by atoms with van der Waals surface area (Å²) in [6.07, 6.45) is 31.4. The summed E-state index contributed by atoms with van der Waals surface area (Å²) in [5.41, 5.74) is 0. The Bertz CT molecular complexity index is 349. The van der Waals surface area contributed by atoms with Gasteiger partial charge in [0.15, 0.2) is 12.4 Å². The van der Waals surface area contributed by atoms with E-state index in [1.807, 2.05) is 0 Å². The molecule has 0 saturated heterocycles. The summed E-state index contributed by atoms with van der Waals surface area (Å²) in [5.74, 6) is 0.892. The number of nitrogens with zero attached hydrogens (tertiary/aromatic N) is 2. The maximum Gasteiger partial charge on any atom is 0.240 e. The van der Waals surface area contributed by atoms with E-state index in [4.69, 9.17) is 0 Å². The van der Waals surface area contributed by atoms with Gasteiger partial charge < -0.3 is 0 Å². The van der Waals surface area contributed by atoms with Gasteiger partial charge in [0.25, 0.3) is 0 Å². The molecule has 0 radical (unpaired) electrons. The molecule has 1 aliphatic rings. The molecule has 0 fully saturated rings. The van der Waals surface area contributed by atoms with Gasteiger partial charge in [-0.05, 0) is 12.3 Å². The van der Waals surface area contributed by atoms with Gasteiger partial charge in [-0.25, -0.2) is 0 Å². The van der Waals surface area contributed by atoms with Crippen LogP contribution >= 0.6 is 0 Å². The Labute approximate surface area is 170 Å². The molecule has 2 nitrogen and oxygen atoms in total. The van der Waals surface area contributed by atoms with E-state index in [0.29, 0.717) is 0 Å². The molecule has 1 rings (SSSR count). The summed E-state index contributed by atoms with van der Waals surface area (Å²) >= 11 is 0. The van der Waals surface area contributed by atoms with Crippen LogP contribution in [0.25, 0.3) is 0 Å². The molecule has 1 atom stereocenters. The SMILES string of the molecule is CCCCCCCCCCCCCCCCC(C)CCCC[C+]1N=CC=N1. The van der Waals surface area contributed by atoms with Crippen molar-refractivity contribution in [2.24, 2.45) is 15.9 Å². The summed E-state index contributed by atoms with van der Waals surface area (Å²) in [5, 5.41) is 0. The van der Waals surface area contributed by atoms with Gasteiger partial charge in [-0.3, -0.25) is 0 Å². The topological polar surface area (TPSA) is 24.7 Å². The Kier molecular flexibility index (Phi) is 16.7. The van der Waals surface area contributed by atoms with Crippen molar-refractivity contribution >= 4 is 12.4 Å². The Morgan fingerprint density at radius 2 is 1.00 bits per heavy atom. The molecule has 0 aromatic rings. The first-order valence-electron chi connectivity index (χ1n) is 12.3. The third kappa shape index (κ3) is 15.9. The Hall–Kier alpha value is -0.790. The molecule has 1 aliphatic heterocycles. The van der Waals surface area contributed by atoms with Crippen LogP contribution in [0.4, 0.5) is 0 Å². The van der Waals surface area contributed by atoms with Crippen molar-refractivity contribution in [1.29, 1.82) is 0 Å². The zero-order valence-electron chi connectivity index (χ0n) is 18.6. The monoisotopic (exact) mass is 375 g/mol. The lowest BCUT2D eigenvalue weighted by molar-refractivity contribution is 0.434. The minimum Gasteiger partial charge on any atom is -0.0968 e. The summed E-state index contributed by atoms with van der Waals surface area (Å²) in [4.78, 5) is 8.48. The third-order valence-electron chi connectivity index (χ3n) is 5.91. The van der Waals surface area contributed by atoms with E-state index < -0.39 is 0 Å². The van der Waals surface area contributed by atoms with Crippen LogP contribution < -0.4 is 0 Å². The molecule has 2 heteroatoms. The molecule has 1 heterocycles. The Balaban J connectivity index is 1.71. The Morgan fingerprint density at radius 1 is 0.593 bits per heavy atom. The van der Waals surface area contributed by atoms with Gasteiger partial charge in [0.1, 0.15) is 0 Å². The first-order valence-corrected chi connectivity index (χ1v) is 12.3. The van der Waals surface area contributed by atoms with Crippen molar-refractivity contribution in [1.82, 2.24) is 0 Å². The van der Waals surface area contributed by atoms with Crippen molar-refractivity contribution in [3.05, 3.63) is 6.17 Å². The lowest BCUT2D eigenvalue weighted by atomic mass is 9.96. The molecule has 0 aliphatic carbocycles. The number of hydrogen-bond acceptors (Lipinski definition) is 2. The van der Waals surface area contributed by atoms with E-state index in [1.165, 1.54) is 116 Å². The third-order valence-corrected chi connectivity index (χ3v) is 5.91. The summed E-state index contributed by atoms with van der Waals surface area (Å²) < 4.78 is 0. The second kappa shape index (κ2) is 18.6. The van der Waals surface area contributed by atoms with Crippen LogP contribution in [0.5, 0.6) is 0 Å². The predicted molar refractivity (Wildman–Crippen MR) is 123 cm³/mol. The highest BCUT2D eigenvalue weighted by molar-refractivity contribution is 6.18. The van der Waals surface area contributed by atoms with E-state index >= 15 is 0 Å². The number of hydrogen-bond donors (Lipinski definition) is 0. The van der Waals surface area contributed by atoms with Gasteiger partial charge in [0, 0.05) is 0 Å². The fourth-order valence-electron chi connectivity index (χ4n) is 4.01. The first-order chi connectivity index (χ1) is 13.3. The minimum atomic E-state index is 0.892. The molecule has 0 saturated carbocycles. The van der Waals surface area contributed by atoms with Crippen molar-refractivity contribution in [3.63, 3.8) is 0 Å². The number of aliphatic imine (C=N–C) groups is 2. The molecule has 0 bridgehead atoms. The van der Waals surface area contributed by atoms with Gasteiger partial charge in [-0.15, -0.1) is 0 Å². The highest BCUT2D eigenvalue weighted by atomic mass is 15.0. The van der Waals surface area contributed by atoms with E-state index in [1.54, 1.807) is 12.4 Å². The van der Waals surface area contributed by atoms with Crippen LogP contribution in [0, 0.1) is 12.1 Å². The van der Waals surface area contributed by atoms with Crippen molar-refractivity contribution in [2.45, 2.75) is 136 Å². The fourth-order valence-corrected chi connectivity index (χ4v) is 4.01. The average Bonchev–Trinajstić information content (AvgIpc) is 3.19. The smallest absolute Gasteiger partial charge is 0.0968 e. The van der Waals surface area contributed by atoms with E-state index in [9.17, 15) is 0 Å². The van der Waals surface area contributed by atoms with Crippen LogP contribution in [0.2, 0.25) is 0 Å². The molecule has 0 amide bonds. The standard InChI is InChI=1S/C25H47N2/c1-3-4-5-6-7-8-9-10-11-12-13-14-15-16-19-24(2)20-17-18-21-25-26-22-23-27-25/h22-24H,3-21H2,1-2H3/q+1. The summed E-state index contributed by atoms with van der Waals surface area (Å²) in [6.45, 7) is 4.73. The molecule has 27 heavy (non-hydrogen) atoms. The number of rotatable bonds is 20. The predicted octanol–water partition coefficient (Wildman–Crippen LogP) is 8.70. The van der Waals surface area contributed by atoms with Crippen LogP contribution in [0.1, 0.15) is 136 Å². The van der Waals surface area contributed by atoms with Gasteiger partial charge >= 0.3 is 0 Å². The van der Waals surface area contributed by atoms with Crippen molar-refractivity contribution in [2.75, 3.05) is 0 Å². The van der Waals surface area contributed by atoms with Gasteiger partial charge in [0.2, 0.25) is 6.17 Å². The molecule has 0 aromatic heterocycles. The quantitative estimate of drug-likeness (QED) is 0.150. The molecular formula is C25H47N2+. The fraction of sp³-hybridized carbons (Fsp3) is 0.880. The van der Waals surface area contributed by atoms with Crippen LogP contribution in [0.15, 0.2) is 9.98 Å². The van der Waals surface area contributed by atoms with E-state index in [-0.39, 0.29) is 0 Å². The second-order valence-corrected chi connectivity index (χ2v) is 8.71. The minimum absolute atomic E-state index is 0.892. The van der Waals surface area contributed by atoms with Gasteiger partial charge in [-0.2, -0.15) is 0 Å². The highest BCUT2D eigenvalue weighted by Gasteiger charge is 2.14. The van der Waals surface area contributed by atoms with Crippen LogP contribution in [0.3, 0.4) is 0 Å². The highest BCUT2D eigenvalue weighted by Crippen LogP contribution is 2.21. The summed E-state index contributed by atoms with van der Waals surface area (Å²) in [6, 6.07) is 0. The first kappa shape index (κ1) is 24.2. The van der Waals surface area contributed by atoms with E-state index in [2.05, 4.69) is 23.8 Å². The zero-order chi connectivity index (χ0) is 19.4. The zero-order valence-corrected chi connectivity index (χ0v) is 18.6. The molecule has 0 spiro atoms. The van der Waals surface area contributed by atoms with Gasteiger partial charge in [-0.1, -0.05) is 133 Å². The van der Waals surface area contributed by atoms with Crippen LogP contribution in [-0.2, 0) is 0 Å². The van der Waals surface area contributed by atoms with E-state index in [0.717, 1.165) is 18.5 Å².